The number of carboxylic acid groups (broad SMARTS) is 4. The van der Waals surface area contributed by atoms with E-state index in [1.54, 1.807) is 0 Å². The largest absolute Gasteiger partial charge is 0.507 e. The molecule has 0 spiro atoms. The van der Waals surface area contributed by atoms with Gasteiger partial charge in [0.2, 0.25) is 0 Å². The topological polar surface area (TPSA) is 488 Å². The Morgan fingerprint density at radius 1 is 0.388 bits per heavy atom. The Bertz CT molecular complexity index is 2380. The van der Waals surface area contributed by atoms with Crippen molar-refractivity contribution in [1.29, 1.82) is 0 Å². The maximum Gasteiger partial charge on any atom is 0.339 e. The van der Waals surface area contributed by atoms with Crippen LogP contribution in [0.4, 0.5) is 0 Å². The third-order valence-electron chi connectivity index (χ3n) is 7.01. The molecule has 0 saturated heterocycles. The van der Waals surface area contributed by atoms with Crippen LogP contribution in [0.25, 0.3) is 0 Å². The minimum absolute atomic E-state index is 0. The zero-order valence-electron chi connectivity index (χ0n) is 35.0. The molecule has 4 rings (SSSR count). The van der Waals surface area contributed by atoms with Crippen molar-refractivity contribution in [3.8, 4) is 23.0 Å². The summed E-state index contributed by atoms with van der Waals surface area (Å²) in [5, 5.41) is 86.3. The second-order valence-electron chi connectivity index (χ2n) is 12.0. The van der Waals surface area contributed by atoms with Crippen molar-refractivity contribution in [2.45, 2.75) is 59.1 Å². The van der Waals surface area contributed by atoms with Gasteiger partial charge in [-0.05, 0) is 85.6 Å². The van der Waals surface area contributed by atoms with Crippen molar-refractivity contribution in [2.24, 2.45) is 0 Å². The molecule has 1 radical (unpaired) electrons. The molecule has 31 heteroatoms. The molecule has 4 aromatic rings. The molecule has 0 aromatic heterocycles. The molecule has 0 fully saturated rings. The van der Waals surface area contributed by atoms with Crippen molar-refractivity contribution in [2.75, 3.05) is 13.2 Å². The molecule has 0 heterocycles. The van der Waals surface area contributed by atoms with Gasteiger partial charge in [0.25, 0.3) is 40.5 Å². The summed E-state index contributed by atoms with van der Waals surface area (Å²) < 4.78 is 119. The molecule has 4 aromatic carbocycles. The fraction of sp³-hybridized carbons (Fsp3) is 0.222. The second-order valence-corrected chi connectivity index (χ2v) is 17.7. The number of phenols is 4. The van der Waals surface area contributed by atoms with E-state index in [4.69, 9.17) is 69.3 Å². The van der Waals surface area contributed by atoms with E-state index in [1.165, 1.54) is 0 Å². The molecule has 0 aliphatic carbocycles. The number of aliphatic hydroxyl groups excluding tert-OH is 2. The van der Waals surface area contributed by atoms with E-state index in [0.717, 1.165) is 74.2 Å². The Morgan fingerprint density at radius 3 is 0.642 bits per heavy atom. The number of rotatable bonds is 12. The SMILES string of the molecule is CCCCO.CCCCO.O=C(O)c1cc(S(=O)(=O)O)ccc1O.O=C(O)c1cc(S(=O)(=O)O)ccc1O.O=C(O)c1cc(S(=O)(=O)O)ccc1O.O=C(O)c1cc(S(=O)(=O)O)ccc1O.[Na]. The van der Waals surface area contributed by atoms with Gasteiger partial charge in [0.1, 0.15) is 45.3 Å². The molecule has 0 unspecified atom stereocenters. The van der Waals surface area contributed by atoms with Crippen LogP contribution in [0.2, 0.25) is 0 Å². The average molecular weight is 1040 g/mol. The predicted octanol–water partition coefficient (Wildman–Crippen LogP) is 2.53. The van der Waals surface area contributed by atoms with Gasteiger partial charge in [0, 0.05) is 42.8 Å². The van der Waals surface area contributed by atoms with E-state index in [0.29, 0.717) is 37.5 Å². The summed E-state index contributed by atoms with van der Waals surface area (Å²) in [6.07, 6.45) is 4.08. The van der Waals surface area contributed by atoms with Crippen LogP contribution in [0.5, 0.6) is 23.0 Å². The monoisotopic (exact) mass is 1040 g/mol. The molecule has 0 bridgehead atoms. The van der Waals surface area contributed by atoms with Gasteiger partial charge >= 0.3 is 23.9 Å². The third kappa shape index (κ3) is 25.3. The summed E-state index contributed by atoms with van der Waals surface area (Å²) in [5.74, 6) is -8.17. The Labute approximate surface area is 404 Å². The van der Waals surface area contributed by atoms with Crippen molar-refractivity contribution >= 4 is 93.9 Å². The van der Waals surface area contributed by atoms with E-state index in [2.05, 4.69) is 13.8 Å². The molecule has 67 heavy (non-hydrogen) atoms. The number of aliphatic hydroxyl groups is 2. The molecular weight excluding hydrogens is 1000 g/mol. The summed E-state index contributed by atoms with van der Waals surface area (Å²) in [6, 6.07) is 9.82. The van der Waals surface area contributed by atoms with Crippen LogP contribution >= 0.6 is 0 Å². The average Bonchev–Trinajstić information content (AvgIpc) is 3.18. The second kappa shape index (κ2) is 30.0. The molecule has 0 atom stereocenters. The van der Waals surface area contributed by atoms with Crippen molar-refractivity contribution < 1.29 is 122 Å². The van der Waals surface area contributed by atoms with Crippen LogP contribution in [0.1, 0.15) is 81.0 Å². The Morgan fingerprint density at radius 2 is 0.552 bits per heavy atom. The van der Waals surface area contributed by atoms with Crippen molar-refractivity contribution in [3.05, 3.63) is 95.1 Å². The van der Waals surface area contributed by atoms with E-state index in [9.17, 15) is 52.8 Å². The van der Waals surface area contributed by atoms with E-state index < -0.39 is 129 Å². The maximum absolute atomic E-state index is 10.6. The smallest absolute Gasteiger partial charge is 0.339 e. The summed E-state index contributed by atoms with van der Waals surface area (Å²) in [7, 11) is -17.8. The Hall–Kier alpha value is -5.48. The van der Waals surface area contributed by atoms with Gasteiger partial charge in [-0.3, -0.25) is 18.2 Å². The number of aromatic hydroxyl groups is 4. The number of hydrogen-bond acceptors (Lipinski definition) is 18. The summed E-state index contributed by atoms with van der Waals surface area (Å²) in [4.78, 5) is 39.6. The van der Waals surface area contributed by atoms with Gasteiger partial charge in [-0.15, -0.1) is 0 Å². The molecule has 0 aliphatic rings. The minimum atomic E-state index is -4.45. The first-order chi connectivity index (χ1) is 30.1. The number of carbonyl (C=O) groups is 4. The summed E-state index contributed by atoms with van der Waals surface area (Å²) in [5.41, 5.74) is -2.33. The standard InChI is InChI=1S/4C7H6O6S.2C4H10O.Na/c4*8-6-2-1-4(14(11,12)13)3-5(6)7(9)10;2*1-2-3-4-5;/h4*1-3,8H,(H,9,10)(H,11,12,13);2*5H,2-4H2,1H3;. The van der Waals surface area contributed by atoms with Crippen molar-refractivity contribution in [3.63, 3.8) is 0 Å². The zero-order valence-corrected chi connectivity index (χ0v) is 40.2. The van der Waals surface area contributed by atoms with Crippen LogP contribution in [0.15, 0.2) is 92.4 Å². The number of benzene rings is 4. The fourth-order valence-corrected chi connectivity index (χ4v) is 5.73. The number of carboxylic acids is 4. The summed E-state index contributed by atoms with van der Waals surface area (Å²) in [6.45, 7) is 4.79. The van der Waals surface area contributed by atoms with E-state index >= 15 is 0 Å². The minimum Gasteiger partial charge on any atom is -0.507 e. The Kier molecular flexibility index (Phi) is 29.5. The zero-order chi connectivity index (χ0) is 52.0. The van der Waals surface area contributed by atoms with Crippen LogP contribution in [-0.2, 0) is 40.5 Å². The van der Waals surface area contributed by atoms with Crippen LogP contribution in [0, 0.1) is 0 Å². The molecule has 0 amide bonds. The van der Waals surface area contributed by atoms with Gasteiger partial charge in [0.15, 0.2) is 0 Å². The third-order valence-corrected chi connectivity index (χ3v) is 10.4. The molecule has 26 nitrogen and oxygen atoms in total. The molecular formula is C36H44NaO26S4. The van der Waals surface area contributed by atoms with Gasteiger partial charge in [-0.1, -0.05) is 26.7 Å². The maximum atomic E-state index is 10.6. The van der Waals surface area contributed by atoms with Gasteiger partial charge in [-0.25, -0.2) is 19.2 Å². The fourth-order valence-electron chi connectivity index (χ4n) is 3.70. The first-order valence-electron chi connectivity index (χ1n) is 17.5. The normalized spacial score (nSPS) is 10.6. The molecule has 14 N–H and O–H groups in total. The quantitative estimate of drug-likeness (QED) is 0.0716. The van der Waals surface area contributed by atoms with Crippen molar-refractivity contribution in [1.82, 2.24) is 0 Å². The predicted molar refractivity (Wildman–Crippen MR) is 229 cm³/mol. The first kappa shape index (κ1) is 65.8. The number of unbranched alkanes of at least 4 members (excludes halogenated alkanes) is 2. The molecule has 0 aliphatic heterocycles. The van der Waals surface area contributed by atoms with Crippen LogP contribution in [0.3, 0.4) is 0 Å². The molecule has 0 saturated carbocycles. The van der Waals surface area contributed by atoms with Gasteiger partial charge in [0.05, 0.1) is 19.6 Å². The number of hydrogen-bond donors (Lipinski definition) is 14. The Balaban J connectivity index is -0.000000759. The van der Waals surface area contributed by atoms with Gasteiger partial charge < -0.3 is 51.1 Å². The first-order valence-corrected chi connectivity index (χ1v) is 23.2. The summed E-state index contributed by atoms with van der Waals surface area (Å²) >= 11 is 0. The van der Waals surface area contributed by atoms with Crippen LogP contribution < -0.4 is 0 Å². The van der Waals surface area contributed by atoms with E-state index in [1.807, 2.05) is 0 Å². The van der Waals surface area contributed by atoms with E-state index in [-0.39, 0.29) is 29.6 Å². The molecule has 369 valence electrons. The van der Waals surface area contributed by atoms with Gasteiger partial charge in [-0.2, -0.15) is 33.7 Å². The number of aromatic carboxylic acids is 4. The van der Waals surface area contributed by atoms with Crippen LogP contribution in [-0.4, -0.2) is 170 Å².